The number of carbonyl (C=O) groups is 2. The lowest BCUT2D eigenvalue weighted by Crippen LogP contribution is -2.51. The number of urea groups is 1. The molecule has 1 fully saturated rings. The number of esters is 1. The van der Waals surface area contributed by atoms with Crippen LogP contribution in [0.15, 0.2) is 48.2 Å². The molecule has 3 rings (SSSR count). The Morgan fingerprint density at radius 2 is 1.90 bits per heavy atom. The van der Waals surface area contributed by atoms with Gasteiger partial charge in [0.2, 0.25) is 0 Å². The Hall–Kier alpha value is -3.24. The van der Waals surface area contributed by atoms with Crippen LogP contribution < -0.4 is 10.6 Å². The molecule has 1 aromatic rings. The van der Waals surface area contributed by atoms with Crippen LogP contribution in [0.2, 0.25) is 0 Å². The summed E-state index contributed by atoms with van der Waals surface area (Å²) in [6, 6.07) is 4.59. The fraction of sp³-hybridized carbons (Fsp3) is 0.429. The standard InChI is InChI=1S/C21H27N5O5/c1-3-9-24-10-12-25(13-11-24)14-17-18(20(27)31-4-2)19(23-21(28)22-17)15-5-7-16(8-6-15)26(29)30/h3,5-8,19H,1,4,9-14H2,2H3,(H2,22,23,28)/t19-/m0/s1. The van der Waals surface area contributed by atoms with Crippen molar-refractivity contribution in [1.29, 1.82) is 0 Å². The monoisotopic (exact) mass is 429 g/mol. The van der Waals surface area contributed by atoms with Crippen molar-refractivity contribution >= 4 is 17.7 Å². The van der Waals surface area contributed by atoms with Gasteiger partial charge >= 0.3 is 12.0 Å². The Morgan fingerprint density at radius 1 is 1.26 bits per heavy atom. The summed E-state index contributed by atoms with van der Waals surface area (Å²) >= 11 is 0. The summed E-state index contributed by atoms with van der Waals surface area (Å²) in [4.78, 5) is 40.1. The predicted octanol–water partition coefficient (Wildman–Crippen LogP) is 1.57. The number of nitrogens with zero attached hydrogens (tertiary/aromatic N) is 3. The summed E-state index contributed by atoms with van der Waals surface area (Å²) in [6.45, 7) is 10.2. The van der Waals surface area contributed by atoms with Crippen LogP contribution in [-0.4, -0.2) is 72.6 Å². The van der Waals surface area contributed by atoms with Crippen LogP contribution in [0.3, 0.4) is 0 Å². The average Bonchev–Trinajstić information content (AvgIpc) is 2.75. The van der Waals surface area contributed by atoms with Crippen molar-refractivity contribution < 1.29 is 19.2 Å². The van der Waals surface area contributed by atoms with Gasteiger partial charge < -0.3 is 15.4 Å². The highest BCUT2D eigenvalue weighted by Gasteiger charge is 2.34. The molecule has 0 spiro atoms. The highest BCUT2D eigenvalue weighted by molar-refractivity contribution is 5.95. The van der Waals surface area contributed by atoms with Gasteiger partial charge in [-0.3, -0.25) is 19.9 Å². The van der Waals surface area contributed by atoms with Gasteiger partial charge in [-0.05, 0) is 24.6 Å². The summed E-state index contributed by atoms with van der Waals surface area (Å²) in [6.07, 6.45) is 1.87. The Morgan fingerprint density at radius 3 is 2.48 bits per heavy atom. The van der Waals surface area contributed by atoms with Crippen molar-refractivity contribution in [2.45, 2.75) is 13.0 Å². The average molecular weight is 429 g/mol. The molecule has 2 N–H and O–H groups in total. The van der Waals surface area contributed by atoms with E-state index in [0.717, 1.165) is 32.7 Å². The van der Waals surface area contributed by atoms with Crippen molar-refractivity contribution in [1.82, 2.24) is 20.4 Å². The van der Waals surface area contributed by atoms with E-state index in [2.05, 4.69) is 27.0 Å². The number of hydrogen-bond donors (Lipinski definition) is 2. The number of hydrogen-bond acceptors (Lipinski definition) is 7. The molecule has 10 heteroatoms. The number of rotatable bonds is 8. The molecule has 2 aliphatic heterocycles. The normalized spacial score (nSPS) is 20.0. The highest BCUT2D eigenvalue weighted by Crippen LogP contribution is 2.29. The number of ether oxygens (including phenoxy) is 1. The molecule has 10 nitrogen and oxygen atoms in total. The predicted molar refractivity (Wildman–Crippen MR) is 114 cm³/mol. The molecule has 2 aliphatic rings. The maximum absolute atomic E-state index is 12.8. The van der Waals surface area contributed by atoms with Crippen molar-refractivity contribution in [2.75, 3.05) is 45.9 Å². The Bertz CT molecular complexity index is 875. The first kappa shape index (κ1) is 22.4. The molecule has 0 bridgehead atoms. The van der Waals surface area contributed by atoms with Crippen LogP contribution in [0.5, 0.6) is 0 Å². The second-order valence-electron chi connectivity index (χ2n) is 7.36. The molecular formula is C21H27N5O5. The lowest BCUT2D eigenvalue weighted by Gasteiger charge is -2.36. The largest absolute Gasteiger partial charge is 0.463 e. The van der Waals surface area contributed by atoms with Gasteiger partial charge in [0.05, 0.1) is 23.1 Å². The molecule has 0 saturated carbocycles. The SMILES string of the molecule is C=CCN1CCN(CC2=C(C(=O)OCC)[C@H](c3ccc([N+](=O)[O-])cc3)NC(=O)N2)CC1. The smallest absolute Gasteiger partial charge is 0.338 e. The van der Waals surface area contributed by atoms with E-state index in [0.29, 0.717) is 23.4 Å². The van der Waals surface area contributed by atoms with E-state index in [1.54, 1.807) is 19.1 Å². The zero-order chi connectivity index (χ0) is 22.4. The summed E-state index contributed by atoms with van der Waals surface area (Å²) < 4.78 is 5.26. The number of carbonyl (C=O) groups excluding carboxylic acids is 2. The summed E-state index contributed by atoms with van der Waals surface area (Å²) in [7, 11) is 0. The van der Waals surface area contributed by atoms with Crippen molar-refractivity contribution in [3.05, 3.63) is 63.9 Å². The van der Waals surface area contributed by atoms with Crippen LogP contribution in [0, 0.1) is 10.1 Å². The minimum Gasteiger partial charge on any atom is -0.463 e. The Kier molecular flexibility index (Phi) is 7.37. The fourth-order valence-corrected chi connectivity index (χ4v) is 3.77. The summed E-state index contributed by atoms with van der Waals surface area (Å²) in [5.41, 5.74) is 1.30. The third-order valence-electron chi connectivity index (χ3n) is 5.32. The van der Waals surface area contributed by atoms with E-state index in [-0.39, 0.29) is 12.3 Å². The number of nitrogens with one attached hydrogen (secondary N) is 2. The topological polar surface area (TPSA) is 117 Å². The first-order valence-corrected chi connectivity index (χ1v) is 10.2. The molecular weight excluding hydrogens is 402 g/mol. The minimum atomic E-state index is -0.759. The zero-order valence-corrected chi connectivity index (χ0v) is 17.5. The minimum absolute atomic E-state index is 0.0664. The van der Waals surface area contributed by atoms with E-state index < -0.39 is 23.0 Å². The maximum Gasteiger partial charge on any atom is 0.338 e. The second-order valence-corrected chi connectivity index (χ2v) is 7.36. The summed E-state index contributed by atoms with van der Waals surface area (Å²) in [5, 5.41) is 16.5. The highest BCUT2D eigenvalue weighted by atomic mass is 16.6. The lowest BCUT2D eigenvalue weighted by atomic mass is 9.94. The van der Waals surface area contributed by atoms with Crippen molar-refractivity contribution in [3.8, 4) is 0 Å². The molecule has 1 aromatic carbocycles. The lowest BCUT2D eigenvalue weighted by molar-refractivity contribution is -0.384. The van der Waals surface area contributed by atoms with Gasteiger partial charge in [-0.1, -0.05) is 6.08 Å². The fourth-order valence-electron chi connectivity index (χ4n) is 3.77. The first-order valence-electron chi connectivity index (χ1n) is 10.2. The van der Waals surface area contributed by atoms with E-state index in [1.807, 2.05) is 6.08 Å². The molecule has 0 aromatic heterocycles. The van der Waals surface area contributed by atoms with Crippen LogP contribution in [-0.2, 0) is 9.53 Å². The number of nitro benzene ring substituents is 1. The van der Waals surface area contributed by atoms with E-state index in [1.165, 1.54) is 12.1 Å². The molecule has 2 amide bonds. The van der Waals surface area contributed by atoms with Gasteiger partial charge in [0, 0.05) is 57.1 Å². The number of nitro groups is 1. The van der Waals surface area contributed by atoms with E-state index in [4.69, 9.17) is 4.74 Å². The van der Waals surface area contributed by atoms with E-state index in [9.17, 15) is 19.7 Å². The number of amides is 2. The maximum atomic E-state index is 12.8. The van der Waals surface area contributed by atoms with Crippen molar-refractivity contribution in [2.24, 2.45) is 0 Å². The molecule has 31 heavy (non-hydrogen) atoms. The molecule has 1 atom stereocenters. The van der Waals surface area contributed by atoms with Gasteiger partial charge in [-0.25, -0.2) is 9.59 Å². The third-order valence-corrected chi connectivity index (χ3v) is 5.32. The molecule has 1 saturated heterocycles. The van der Waals surface area contributed by atoms with Gasteiger partial charge in [0.25, 0.3) is 5.69 Å². The molecule has 0 radical (unpaired) electrons. The zero-order valence-electron chi connectivity index (χ0n) is 17.5. The Balaban J connectivity index is 1.89. The number of benzene rings is 1. The van der Waals surface area contributed by atoms with Gasteiger partial charge in [0.15, 0.2) is 0 Å². The van der Waals surface area contributed by atoms with Crippen LogP contribution in [0.1, 0.15) is 18.5 Å². The molecule has 0 unspecified atom stereocenters. The quantitative estimate of drug-likeness (QED) is 0.279. The molecule has 0 aliphatic carbocycles. The van der Waals surface area contributed by atoms with E-state index >= 15 is 0 Å². The van der Waals surface area contributed by atoms with Crippen molar-refractivity contribution in [3.63, 3.8) is 0 Å². The molecule has 166 valence electrons. The summed E-state index contributed by atoms with van der Waals surface area (Å²) in [5.74, 6) is -0.529. The third kappa shape index (κ3) is 5.47. The molecule has 2 heterocycles. The second kappa shape index (κ2) is 10.2. The van der Waals surface area contributed by atoms with Gasteiger partial charge in [-0.2, -0.15) is 0 Å². The first-order chi connectivity index (χ1) is 14.9. The number of piperazine rings is 1. The van der Waals surface area contributed by atoms with Crippen LogP contribution in [0.25, 0.3) is 0 Å². The van der Waals surface area contributed by atoms with Crippen LogP contribution >= 0.6 is 0 Å². The van der Waals surface area contributed by atoms with Crippen LogP contribution in [0.4, 0.5) is 10.5 Å². The van der Waals surface area contributed by atoms with Gasteiger partial charge in [0.1, 0.15) is 0 Å². The van der Waals surface area contributed by atoms with Gasteiger partial charge in [-0.15, -0.1) is 6.58 Å². The Labute approximate surface area is 180 Å². The number of non-ortho nitro benzene ring substituents is 1.